The number of amides is 1. The molecule has 1 aliphatic carbocycles. The first kappa shape index (κ1) is 15.5. The third-order valence-corrected chi connectivity index (χ3v) is 5.07. The van der Waals surface area contributed by atoms with Gasteiger partial charge in [-0.1, -0.05) is 19.3 Å². The largest absolute Gasteiger partial charge is 0.325 e. The zero-order chi connectivity index (χ0) is 14.8. The monoisotopic (exact) mass is 360 g/mol. The van der Waals surface area contributed by atoms with E-state index in [0.717, 1.165) is 25.7 Å². The van der Waals surface area contributed by atoms with Gasteiger partial charge in [0, 0.05) is 10.4 Å². The Morgan fingerprint density at radius 2 is 1.90 bits per heavy atom. The highest BCUT2D eigenvalue weighted by molar-refractivity contribution is 9.10. The maximum Gasteiger partial charge on any atom is 0.238 e. The molecule has 0 spiro atoms. The molecule has 7 heteroatoms. The lowest BCUT2D eigenvalue weighted by atomic mass is 9.88. The number of benzene rings is 1. The average Bonchev–Trinajstić information content (AvgIpc) is 2.41. The van der Waals surface area contributed by atoms with Gasteiger partial charge in [0.2, 0.25) is 15.9 Å². The van der Waals surface area contributed by atoms with E-state index >= 15 is 0 Å². The zero-order valence-corrected chi connectivity index (χ0v) is 13.3. The second-order valence-corrected chi connectivity index (χ2v) is 7.43. The Labute approximate surface area is 127 Å². The molecule has 0 unspecified atom stereocenters. The van der Waals surface area contributed by atoms with Crippen molar-refractivity contribution in [2.24, 2.45) is 11.1 Å². The molecule has 3 N–H and O–H groups in total. The topological polar surface area (TPSA) is 89.3 Å². The molecule has 1 saturated carbocycles. The summed E-state index contributed by atoms with van der Waals surface area (Å²) in [7, 11) is -3.73. The van der Waals surface area contributed by atoms with Crippen LogP contribution in [0.1, 0.15) is 32.1 Å². The molecule has 0 saturated heterocycles. The number of primary sulfonamides is 1. The van der Waals surface area contributed by atoms with E-state index in [4.69, 9.17) is 5.14 Å². The van der Waals surface area contributed by atoms with Crippen LogP contribution in [0.3, 0.4) is 0 Å². The van der Waals surface area contributed by atoms with Crippen LogP contribution in [0, 0.1) is 5.92 Å². The Hall–Kier alpha value is -0.920. The number of anilines is 1. The van der Waals surface area contributed by atoms with Crippen molar-refractivity contribution in [3.63, 3.8) is 0 Å². The van der Waals surface area contributed by atoms with Crippen LogP contribution < -0.4 is 10.5 Å². The summed E-state index contributed by atoms with van der Waals surface area (Å²) in [6.45, 7) is 0. The van der Waals surface area contributed by atoms with Gasteiger partial charge in [-0.3, -0.25) is 4.79 Å². The van der Waals surface area contributed by atoms with Crippen molar-refractivity contribution in [1.82, 2.24) is 0 Å². The summed E-state index contributed by atoms with van der Waals surface area (Å²) in [5.41, 5.74) is 0.563. The van der Waals surface area contributed by atoms with Crippen LogP contribution in [0.25, 0.3) is 0 Å². The number of carbonyl (C=O) groups is 1. The van der Waals surface area contributed by atoms with Crippen molar-refractivity contribution >= 4 is 37.5 Å². The van der Waals surface area contributed by atoms with E-state index in [1.54, 1.807) is 6.07 Å². The number of sulfonamides is 1. The van der Waals surface area contributed by atoms with E-state index in [-0.39, 0.29) is 16.7 Å². The molecule has 0 bridgehead atoms. The molecule has 1 aromatic rings. The second kappa shape index (κ2) is 6.24. The Kier molecular flexibility index (Phi) is 4.82. The third-order valence-electron chi connectivity index (χ3n) is 3.50. The van der Waals surface area contributed by atoms with Crippen molar-refractivity contribution < 1.29 is 13.2 Å². The van der Waals surface area contributed by atoms with Crippen LogP contribution in [0.5, 0.6) is 0 Å². The first-order valence-corrected chi connectivity index (χ1v) is 8.85. The van der Waals surface area contributed by atoms with E-state index in [2.05, 4.69) is 21.2 Å². The summed E-state index contributed by atoms with van der Waals surface area (Å²) in [6.07, 6.45) is 5.20. The lowest BCUT2D eigenvalue weighted by molar-refractivity contribution is -0.120. The van der Waals surface area contributed by atoms with Gasteiger partial charge < -0.3 is 5.32 Å². The Bertz CT molecular complexity index is 610. The molecule has 1 fully saturated rings. The summed E-state index contributed by atoms with van der Waals surface area (Å²) in [5.74, 6) is 0.0438. The fourth-order valence-electron chi connectivity index (χ4n) is 2.37. The van der Waals surface area contributed by atoms with Gasteiger partial charge in [-0.2, -0.15) is 0 Å². The van der Waals surface area contributed by atoms with E-state index in [0.29, 0.717) is 10.2 Å². The van der Waals surface area contributed by atoms with E-state index in [9.17, 15) is 13.2 Å². The lowest BCUT2D eigenvalue weighted by Gasteiger charge is -2.21. The summed E-state index contributed by atoms with van der Waals surface area (Å²) in [4.78, 5) is 12.1. The molecular weight excluding hydrogens is 344 g/mol. The smallest absolute Gasteiger partial charge is 0.238 e. The van der Waals surface area contributed by atoms with Crippen LogP contribution in [-0.4, -0.2) is 14.3 Å². The van der Waals surface area contributed by atoms with Crippen molar-refractivity contribution in [3.05, 3.63) is 22.7 Å². The molecule has 110 valence electrons. The van der Waals surface area contributed by atoms with Gasteiger partial charge in [0.25, 0.3) is 0 Å². The summed E-state index contributed by atoms with van der Waals surface area (Å²) in [5, 5.41) is 7.90. The van der Waals surface area contributed by atoms with Crippen molar-refractivity contribution in [2.45, 2.75) is 37.0 Å². The predicted octanol–water partition coefficient (Wildman–Crippen LogP) is 2.62. The normalized spacial score (nSPS) is 16.9. The summed E-state index contributed by atoms with van der Waals surface area (Å²) >= 11 is 3.26. The predicted molar refractivity (Wildman–Crippen MR) is 80.7 cm³/mol. The molecule has 1 aliphatic rings. The lowest BCUT2D eigenvalue weighted by Crippen LogP contribution is -2.25. The molecule has 1 aromatic carbocycles. The van der Waals surface area contributed by atoms with Gasteiger partial charge in [-0.05, 0) is 47.0 Å². The highest BCUT2D eigenvalue weighted by atomic mass is 79.9. The first-order valence-electron chi connectivity index (χ1n) is 6.51. The maximum atomic E-state index is 12.1. The van der Waals surface area contributed by atoms with Crippen molar-refractivity contribution in [3.8, 4) is 0 Å². The first-order chi connectivity index (χ1) is 9.38. The van der Waals surface area contributed by atoms with E-state index < -0.39 is 10.0 Å². The zero-order valence-electron chi connectivity index (χ0n) is 10.9. The van der Waals surface area contributed by atoms with Gasteiger partial charge in [0.15, 0.2) is 0 Å². The minimum Gasteiger partial charge on any atom is -0.325 e. The number of nitrogens with two attached hydrogens (primary N) is 1. The van der Waals surface area contributed by atoms with E-state index in [1.807, 2.05) is 0 Å². The summed E-state index contributed by atoms with van der Waals surface area (Å²) < 4.78 is 23.0. The van der Waals surface area contributed by atoms with Crippen LogP contribution in [0.2, 0.25) is 0 Å². The van der Waals surface area contributed by atoms with Crippen LogP contribution >= 0.6 is 15.9 Å². The number of nitrogens with one attached hydrogen (secondary N) is 1. The van der Waals surface area contributed by atoms with Crippen molar-refractivity contribution in [1.29, 1.82) is 0 Å². The maximum absolute atomic E-state index is 12.1. The number of halogens is 1. The highest BCUT2D eigenvalue weighted by Gasteiger charge is 2.22. The minimum atomic E-state index is -3.73. The van der Waals surface area contributed by atoms with E-state index in [1.165, 1.54) is 18.6 Å². The van der Waals surface area contributed by atoms with Crippen molar-refractivity contribution in [2.75, 3.05) is 5.32 Å². The highest BCUT2D eigenvalue weighted by Crippen LogP contribution is 2.28. The number of rotatable bonds is 3. The van der Waals surface area contributed by atoms with Gasteiger partial charge in [0.1, 0.15) is 0 Å². The molecule has 0 aromatic heterocycles. The molecule has 2 rings (SSSR count). The van der Waals surface area contributed by atoms with Gasteiger partial charge >= 0.3 is 0 Å². The molecule has 20 heavy (non-hydrogen) atoms. The average molecular weight is 361 g/mol. The molecule has 0 heterocycles. The van der Waals surface area contributed by atoms with Gasteiger partial charge in [0.05, 0.1) is 10.6 Å². The quantitative estimate of drug-likeness (QED) is 0.867. The SMILES string of the molecule is NS(=O)(=O)c1ccc(NC(=O)C2CCCCC2)c(Br)c1. The number of hydrogen-bond donors (Lipinski definition) is 2. The Balaban J connectivity index is 2.11. The fourth-order valence-corrected chi connectivity index (χ4v) is 3.54. The minimum absolute atomic E-state index is 0.00578. The number of carbonyl (C=O) groups excluding carboxylic acids is 1. The molecule has 0 atom stereocenters. The fraction of sp³-hybridized carbons (Fsp3) is 0.462. The van der Waals surface area contributed by atoms with Gasteiger partial charge in [-0.15, -0.1) is 0 Å². The van der Waals surface area contributed by atoms with Crippen LogP contribution in [-0.2, 0) is 14.8 Å². The number of hydrogen-bond acceptors (Lipinski definition) is 3. The second-order valence-electron chi connectivity index (χ2n) is 5.01. The molecule has 0 radical (unpaired) electrons. The third kappa shape index (κ3) is 3.80. The van der Waals surface area contributed by atoms with Gasteiger partial charge in [-0.25, -0.2) is 13.6 Å². The molecule has 1 amide bonds. The Morgan fingerprint density at radius 3 is 2.45 bits per heavy atom. The molecular formula is C13H17BrN2O3S. The van der Waals surface area contributed by atoms with Crippen LogP contribution in [0.15, 0.2) is 27.6 Å². The molecule has 5 nitrogen and oxygen atoms in total. The Morgan fingerprint density at radius 1 is 1.25 bits per heavy atom. The summed E-state index contributed by atoms with van der Waals surface area (Å²) in [6, 6.07) is 4.33. The van der Waals surface area contributed by atoms with Crippen LogP contribution in [0.4, 0.5) is 5.69 Å². The molecule has 0 aliphatic heterocycles. The standard InChI is InChI=1S/C13H17BrN2O3S/c14-11-8-10(20(15,18)19)6-7-12(11)16-13(17)9-4-2-1-3-5-9/h6-9H,1-5H2,(H,16,17)(H2,15,18,19).